The molecular formula is C13H11N3O2. The molecule has 0 aliphatic heterocycles. The molecule has 3 heterocycles. The van der Waals surface area contributed by atoms with Gasteiger partial charge in [0.05, 0.1) is 11.8 Å². The monoisotopic (exact) mass is 241 g/mol. The minimum absolute atomic E-state index is 0.171. The van der Waals surface area contributed by atoms with Crippen molar-refractivity contribution in [3.63, 3.8) is 0 Å². The van der Waals surface area contributed by atoms with Crippen LogP contribution < -0.4 is 5.32 Å². The van der Waals surface area contributed by atoms with Gasteiger partial charge in [0.1, 0.15) is 5.69 Å². The van der Waals surface area contributed by atoms with Crippen molar-refractivity contribution < 1.29 is 9.21 Å². The Morgan fingerprint density at radius 2 is 2.11 bits per heavy atom. The summed E-state index contributed by atoms with van der Waals surface area (Å²) in [6.45, 7) is 0. The Hall–Kier alpha value is -2.56. The zero-order chi connectivity index (χ0) is 12.5. The smallest absolute Gasteiger partial charge is 0.272 e. The molecule has 3 aromatic rings. The van der Waals surface area contributed by atoms with Crippen molar-refractivity contribution in [1.82, 2.24) is 9.55 Å². The molecule has 90 valence electrons. The molecule has 0 aliphatic rings. The van der Waals surface area contributed by atoms with Gasteiger partial charge in [0.25, 0.3) is 5.91 Å². The minimum atomic E-state index is -0.171. The van der Waals surface area contributed by atoms with Gasteiger partial charge < -0.3 is 14.3 Å². The number of aromatic nitrogens is 2. The van der Waals surface area contributed by atoms with Crippen LogP contribution in [0.3, 0.4) is 0 Å². The van der Waals surface area contributed by atoms with Crippen LogP contribution in [-0.2, 0) is 7.05 Å². The first-order valence-electron chi connectivity index (χ1n) is 5.50. The van der Waals surface area contributed by atoms with Crippen molar-refractivity contribution >= 4 is 22.7 Å². The van der Waals surface area contributed by atoms with E-state index >= 15 is 0 Å². The number of amides is 1. The third-order valence-electron chi connectivity index (χ3n) is 2.83. The number of nitrogens with one attached hydrogen (secondary N) is 1. The lowest BCUT2D eigenvalue weighted by Crippen LogP contribution is -2.15. The predicted octanol–water partition coefficient (Wildman–Crippen LogP) is 2.42. The molecular weight excluding hydrogens is 230 g/mol. The van der Waals surface area contributed by atoms with Gasteiger partial charge in [0.15, 0.2) is 5.58 Å². The van der Waals surface area contributed by atoms with Crippen LogP contribution in [0.4, 0.5) is 5.69 Å². The van der Waals surface area contributed by atoms with Crippen LogP contribution in [-0.4, -0.2) is 15.5 Å². The van der Waals surface area contributed by atoms with E-state index in [0.29, 0.717) is 17.0 Å². The van der Waals surface area contributed by atoms with Gasteiger partial charge in [-0.3, -0.25) is 9.78 Å². The molecule has 0 radical (unpaired) electrons. The van der Waals surface area contributed by atoms with Gasteiger partial charge in [-0.1, -0.05) is 0 Å². The first-order valence-corrected chi connectivity index (χ1v) is 5.50. The predicted molar refractivity (Wildman–Crippen MR) is 67.4 cm³/mol. The molecule has 3 rings (SSSR count). The number of carbonyl (C=O) groups is 1. The summed E-state index contributed by atoms with van der Waals surface area (Å²) in [5.41, 5.74) is 2.88. The van der Waals surface area contributed by atoms with Gasteiger partial charge in [0, 0.05) is 37.3 Å². The lowest BCUT2D eigenvalue weighted by atomic mass is 10.3. The molecule has 3 aromatic heterocycles. The van der Waals surface area contributed by atoms with Crippen molar-refractivity contribution in [1.29, 1.82) is 0 Å². The van der Waals surface area contributed by atoms with Gasteiger partial charge in [-0.25, -0.2) is 0 Å². The largest absolute Gasteiger partial charge is 0.463 e. The number of hydrogen-bond donors (Lipinski definition) is 1. The number of anilines is 1. The minimum Gasteiger partial charge on any atom is -0.463 e. The number of nitrogens with zero attached hydrogens (tertiary/aromatic N) is 2. The molecule has 0 aromatic carbocycles. The fraction of sp³-hybridized carbons (Fsp3) is 0.0769. The quantitative estimate of drug-likeness (QED) is 0.749. The Bertz CT molecular complexity index is 697. The van der Waals surface area contributed by atoms with Crippen LogP contribution in [0.15, 0.2) is 47.3 Å². The lowest BCUT2D eigenvalue weighted by molar-refractivity contribution is 0.101. The first kappa shape index (κ1) is 10.6. The highest BCUT2D eigenvalue weighted by Gasteiger charge is 2.14. The third kappa shape index (κ3) is 1.66. The molecule has 0 spiro atoms. The Morgan fingerprint density at radius 3 is 2.83 bits per heavy atom. The van der Waals surface area contributed by atoms with E-state index in [4.69, 9.17) is 4.42 Å². The maximum atomic E-state index is 12.1. The van der Waals surface area contributed by atoms with Gasteiger partial charge >= 0.3 is 0 Å². The van der Waals surface area contributed by atoms with Gasteiger partial charge in [-0.2, -0.15) is 0 Å². The lowest BCUT2D eigenvalue weighted by Gasteiger charge is -2.05. The van der Waals surface area contributed by atoms with Crippen LogP contribution in [0.2, 0.25) is 0 Å². The number of rotatable bonds is 2. The third-order valence-corrected chi connectivity index (χ3v) is 2.83. The molecule has 1 amide bonds. The van der Waals surface area contributed by atoms with Crippen molar-refractivity contribution in [2.24, 2.45) is 7.05 Å². The van der Waals surface area contributed by atoms with Gasteiger partial charge in [-0.05, 0) is 12.1 Å². The maximum absolute atomic E-state index is 12.1. The zero-order valence-corrected chi connectivity index (χ0v) is 9.75. The Labute approximate surface area is 103 Å². The molecule has 5 heteroatoms. The summed E-state index contributed by atoms with van der Waals surface area (Å²) in [4.78, 5) is 16.0. The van der Waals surface area contributed by atoms with Gasteiger partial charge in [0.2, 0.25) is 0 Å². The van der Waals surface area contributed by atoms with Crippen LogP contribution in [0.5, 0.6) is 0 Å². The SMILES string of the molecule is Cn1c(C(=O)Nc2ccncc2)cc2occc21. The Morgan fingerprint density at radius 1 is 1.33 bits per heavy atom. The molecule has 0 bridgehead atoms. The van der Waals surface area contributed by atoms with Crippen molar-refractivity contribution in [3.8, 4) is 0 Å². The average Bonchev–Trinajstić information content (AvgIpc) is 2.94. The maximum Gasteiger partial charge on any atom is 0.272 e. The highest BCUT2D eigenvalue weighted by Crippen LogP contribution is 2.20. The van der Waals surface area contributed by atoms with Gasteiger partial charge in [-0.15, -0.1) is 0 Å². The summed E-state index contributed by atoms with van der Waals surface area (Å²) in [5, 5.41) is 2.81. The molecule has 0 atom stereocenters. The van der Waals surface area contributed by atoms with Crippen LogP contribution in [0.1, 0.15) is 10.5 Å². The summed E-state index contributed by atoms with van der Waals surface area (Å²) in [6, 6.07) is 7.04. The Kier molecular flexibility index (Phi) is 2.37. The second-order valence-corrected chi connectivity index (χ2v) is 3.95. The van der Waals surface area contributed by atoms with Crippen molar-refractivity contribution in [2.75, 3.05) is 5.32 Å². The highest BCUT2D eigenvalue weighted by molar-refractivity contribution is 6.05. The standard InChI is InChI=1S/C13H11N3O2/c1-16-10-4-7-18-12(10)8-11(16)13(17)15-9-2-5-14-6-3-9/h2-8H,1H3,(H,14,15,17). The van der Waals surface area contributed by atoms with E-state index in [9.17, 15) is 4.79 Å². The number of carbonyl (C=O) groups excluding carboxylic acids is 1. The molecule has 5 nitrogen and oxygen atoms in total. The second-order valence-electron chi connectivity index (χ2n) is 3.95. The zero-order valence-electron chi connectivity index (χ0n) is 9.75. The molecule has 0 fully saturated rings. The fourth-order valence-corrected chi connectivity index (χ4v) is 1.90. The summed E-state index contributed by atoms with van der Waals surface area (Å²) in [7, 11) is 1.83. The number of hydrogen-bond acceptors (Lipinski definition) is 3. The average molecular weight is 241 g/mol. The van der Waals surface area contributed by atoms with E-state index < -0.39 is 0 Å². The van der Waals surface area contributed by atoms with Crippen LogP contribution in [0.25, 0.3) is 11.1 Å². The molecule has 0 aliphatic carbocycles. The molecule has 1 N–H and O–H groups in total. The normalized spacial score (nSPS) is 10.7. The summed E-state index contributed by atoms with van der Waals surface area (Å²) in [6.07, 6.45) is 4.87. The highest BCUT2D eigenvalue weighted by atomic mass is 16.3. The summed E-state index contributed by atoms with van der Waals surface area (Å²) < 4.78 is 7.07. The number of pyridine rings is 1. The first-order chi connectivity index (χ1) is 8.75. The van der Waals surface area contributed by atoms with Crippen LogP contribution in [0, 0.1) is 0 Å². The molecule has 0 unspecified atom stereocenters. The topological polar surface area (TPSA) is 60.1 Å². The van der Waals surface area contributed by atoms with E-state index in [0.717, 1.165) is 5.52 Å². The summed E-state index contributed by atoms with van der Waals surface area (Å²) in [5.74, 6) is -0.171. The van der Waals surface area contributed by atoms with Crippen molar-refractivity contribution in [3.05, 3.63) is 48.6 Å². The molecule has 0 saturated carbocycles. The summed E-state index contributed by atoms with van der Waals surface area (Å²) >= 11 is 0. The number of furan rings is 1. The van der Waals surface area contributed by atoms with E-state index in [1.807, 2.05) is 13.1 Å². The van der Waals surface area contributed by atoms with E-state index in [1.54, 1.807) is 41.4 Å². The number of fused-ring (bicyclic) bond motifs is 1. The van der Waals surface area contributed by atoms with E-state index in [2.05, 4.69) is 10.3 Å². The van der Waals surface area contributed by atoms with E-state index in [-0.39, 0.29) is 5.91 Å². The second kappa shape index (κ2) is 4.03. The molecule has 0 saturated heterocycles. The molecule has 18 heavy (non-hydrogen) atoms. The van der Waals surface area contributed by atoms with Crippen LogP contribution >= 0.6 is 0 Å². The fourth-order valence-electron chi connectivity index (χ4n) is 1.90. The van der Waals surface area contributed by atoms with Crippen molar-refractivity contribution in [2.45, 2.75) is 0 Å². The Balaban J connectivity index is 1.92. The number of aryl methyl sites for hydroxylation is 1. The van der Waals surface area contributed by atoms with E-state index in [1.165, 1.54) is 0 Å².